The maximum atomic E-state index is 12.8. The van der Waals surface area contributed by atoms with E-state index in [0.29, 0.717) is 0 Å². The van der Waals surface area contributed by atoms with Gasteiger partial charge in [0.05, 0.1) is 31.8 Å². The number of aromatic amines is 1. The molecule has 2 rings (SSSR count). The van der Waals surface area contributed by atoms with Crippen LogP contribution in [0.1, 0.15) is 77.2 Å². The highest BCUT2D eigenvalue weighted by atomic mass is 31.2. The van der Waals surface area contributed by atoms with Crippen LogP contribution in [0.3, 0.4) is 0 Å². The fourth-order valence-corrected chi connectivity index (χ4v) is 6.52. The van der Waals surface area contributed by atoms with Crippen molar-refractivity contribution < 1.29 is 22.3 Å². The van der Waals surface area contributed by atoms with Crippen LogP contribution < -0.4 is 11.2 Å². The fourth-order valence-electron chi connectivity index (χ4n) is 3.75. The van der Waals surface area contributed by atoms with Crippen LogP contribution in [0.4, 0.5) is 0 Å². The van der Waals surface area contributed by atoms with Crippen molar-refractivity contribution in [2.45, 2.75) is 117 Å². The third-order valence-corrected chi connectivity index (χ3v) is 13.4. The van der Waals surface area contributed by atoms with E-state index in [1.807, 2.05) is 27.7 Å². The summed E-state index contributed by atoms with van der Waals surface area (Å²) in [6, 6.07) is 2.25. The average molecular weight is 560 g/mol. The lowest BCUT2D eigenvalue weighted by atomic mass is 10.2. The third kappa shape index (κ3) is 8.30. The van der Waals surface area contributed by atoms with E-state index in [4.69, 9.17) is 27.6 Å². The quantitative estimate of drug-likeness (QED) is 0.220. The number of nitrogens with one attached hydrogen (secondary N) is 1. The molecule has 0 aliphatic carbocycles. The summed E-state index contributed by atoms with van der Waals surface area (Å²) in [6.45, 7) is 16.5. The summed E-state index contributed by atoms with van der Waals surface area (Å²) < 4.78 is 51.7. The molecule has 1 unspecified atom stereocenters. The minimum absolute atomic E-state index is 0.0507. The zero-order valence-corrected chi connectivity index (χ0v) is 25.4. The molecule has 12 heteroatoms. The largest absolute Gasteiger partial charge is 0.414 e. The number of hydrogen-bond acceptors (Lipinski definition) is 8. The highest BCUT2D eigenvalue weighted by Gasteiger charge is 2.44. The summed E-state index contributed by atoms with van der Waals surface area (Å²) in [5.74, 6) is 0. The lowest BCUT2D eigenvalue weighted by molar-refractivity contribution is -0.0413. The molecule has 0 bridgehead atoms. The number of rotatable bonds is 12. The number of H-pyrrole nitrogens is 1. The molecule has 2 heterocycles. The minimum Gasteiger partial charge on any atom is -0.414 e. The number of aromatic nitrogens is 2. The van der Waals surface area contributed by atoms with Crippen LogP contribution in [0.25, 0.3) is 0 Å². The van der Waals surface area contributed by atoms with E-state index >= 15 is 0 Å². The summed E-state index contributed by atoms with van der Waals surface area (Å²) >= 11 is 0. The maximum absolute atomic E-state index is 12.8. The van der Waals surface area contributed by atoms with E-state index < -0.39 is 58.9 Å². The van der Waals surface area contributed by atoms with Crippen molar-refractivity contribution in [2.24, 2.45) is 0 Å². The van der Waals surface area contributed by atoms with Gasteiger partial charge >= 0.3 is 5.69 Å². The Morgan fingerprint density at radius 1 is 1.32 bits per heavy atom. The van der Waals surface area contributed by atoms with Gasteiger partial charge in [-0.25, -0.2) is 9.46 Å². The average Bonchev–Trinajstić information content (AvgIpc) is 3.18. The van der Waals surface area contributed by atoms with Crippen LogP contribution in [-0.2, 0) is 18.2 Å². The van der Waals surface area contributed by atoms with Gasteiger partial charge in [-0.1, -0.05) is 20.8 Å². The zero-order valence-electron chi connectivity index (χ0n) is 26.5. The van der Waals surface area contributed by atoms with Gasteiger partial charge in [-0.15, -0.1) is 0 Å². The first-order chi connectivity index (χ1) is 18.3. The smallest absolute Gasteiger partial charge is 0.330 e. The van der Waals surface area contributed by atoms with Crippen LogP contribution in [0, 0.1) is 18.2 Å². The molecule has 4 atom stereocenters. The van der Waals surface area contributed by atoms with Gasteiger partial charge in [0.1, 0.15) is 12.3 Å². The highest BCUT2D eigenvalue weighted by molar-refractivity contribution is 7.44. The molecule has 0 saturated carbocycles. The molecule has 1 aliphatic rings. The second kappa shape index (κ2) is 13.1. The van der Waals surface area contributed by atoms with Crippen molar-refractivity contribution in [1.82, 2.24) is 14.2 Å². The van der Waals surface area contributed by atoms with Gasteiger partial charge in [-0.2, -0.15) is 5.26 Å². The molecule has 1 saturated heterocycles. The summed E-state index contributed by atoms with van der Waals surface area (Å²) in [4.78, 5) is 27.1. The molecule has 1 aromatic rings. The fraction of sp³-hybridized carbons (Fsp3) is 0.800. The zero-order chi connectivity index (χ0) is 30.6. The van der Waals surface area contributed by atoms with Crippen molar-refractivity contribution >= 4 is 16.8 Å². The van der Waals surface area contributed by atoms with E-state index in [1.165, 1.54) is 0 Å². The molecule has 1 fully saturated rings. The van der Waals surface area contributed by atoms with Gasteiger partial charge < -0.3 is 18.2 Å². The molecule has 0 amide bonds. The SMILES string of the molecule is [2H]C([2H])([2H])c1cn([C@H]2C[C@@H](OP(OCCC#N)N(C(C)C)C(C)C)[C@@H](CO[Si](C)(C)C(C)(C)C)O2)c(=O)[nH]c1=O. The Morgan fingerprint density at radius 3 is 2.51 bits per heavy atom. The maximum Gasteiger partial charge on any atom is 0.330 e. The van der Waals surface area contributed by atoms with E-state index in [2.05, 4.69) is 49.6 Å². The number of ether oxygens (including phenoxy) is 1. The molecule has 10 nitrogen and oxygen atoms in total. The first kappa shape index (κ1) is 27.2. The molecule has 37 heavy (non-hydrogen) atoms. The lowest BCUT2D eigenvalue weighted by Gasteiger charge is -2.39. The standard InChI is InChI=1S/C25H45N4O6PSi/c1-17(2)29(18(3)4)36(32-13-11-12-26)35-20-14-22(28-15-19(5)23(30)27-24(28)31)34-21(20)16-33-37(9,10)25(6,7)8/h15,17-18,20-22H,11,13-14,16H2,1-10H3,(H,27,30,31)/t20-,21-,22-,36?/m1/s1/i5D3. The summed E-state index contributed by atoms with van der Waals surface area (Å²) in [5.41, 5.74) is -2.22. The normalized spacial score (nSPS) is 23.2. The minimum atomic E-state index is -2.71. The first-order valence-electron chi connectivity index (χ1n) is 14.2. The second-order valence-corrected chi connectivity index (χ2v) is 17.6. The molecule has 0 aromatic carbocycles. The van der Waals surface area contributed by atoms with Gasteiger partial charge in [-0.05, 0) is 52.7 Å². The van der Waals surface area contributed by atoms with Crippen molar-refractivity contribution in [3.8, 4) is 6.07 Å². The summed E-state index contributed by atoms with van der Waals surface area (Å²) in [5, 5.41) is 9.00. The second-order valence-electron chi connectivity index (χ2n) is 11.3. The van der Waals surface area contributed by atoms with Crippen LogP contribution in [0.5, 0.6) is 0 Å². The van der Waals surface area contributed by atoms with Crippen LogP contribution in [-0.4, -0.2) is 60.0 Å². The molecular weight excluding hydrogens is 511 g/mol. The van der Waals surface area contributed by atoms with E-state index in [1.54, 1.807) is 0 Å². The Balaban J connectivity index is 2.47. The number of nitriles is 1. The molecule has 0 radical (unpaired) electrons. The molecule has 1 aromatic heterocycles. The highest BCUT2D eigenvalue weighted by Crippen LogP contribution is 2.50. The van der Waals surface area contributed by atoms with Gasteiger partial charge in [0.25, 0.3) is 14.1 Å². The van der Waals surface area contributed by atoms with Crippen LogP contribution in [0.15, 0.2) is 15.8 Å². The summed E-state index contributed by atoms with van der Waals surface area (Å²) in [6.07, 6.45) is -0.613. The van der Waals surface area contributed by atoms with Crippen molar-refractivity contribution in [2.75, 3.05) is 13.2 Å². The first-order valence-corrected chi connectivity index (χ1v) is 16.7. The molecule has 1 aliphatic heterocycles. The van der Waals surface area contributed by atoms with Crippen LogP contribution in [0.2, 0.25) is 18.1 Å². The van der Waals surface area contributed by atoms with Crippen molar-refractivity contribution in [1.29, 1.82) is 5.26 Å². The Kier molecular flexibility index (Phi) is 9.64. The van der Waals surface area contributed by atoms with Crippen molar-refractivity contribution in [3.05, 3.63) is 32.6 Å². The lowest BCUT2D eigenvalue weighted by Crippen LogP contribution is -2.44. The number of nitrogens with zero attached hydrogens (tertiary/aromatic N) is 3. The van der Waals surface area contributed by atoms with E-state index in [-0.39, 0.29) is 43.2 Å². The van der Waals surface area contributed by atoms with Gasteiger partial charge in [0.15, 0.2) is 8.32 Å². The van der Waals surface area contributed by atoms with E-state index in [9.17, 15) is 9.59 Å². The van der Waals surface area contributed by atoms with Crippen molar-refractivity contribution in [3.63, 3.8) is 0 Å². The molecule has 210 valence electrons. The Morgan fingerprint density at radius 2 is 1.97 bits per heavy atom. The van der Waals surface area contributed by atoms with Gasteiger partial charge in [-0.3, -0.25) is 14.3 Å². The molecule has 0 spiro atoms. The topological polar surface area (TPSA) is 119 Å². The molecule has 1 N–H and O–H groups in total. The number of hydrogen-bond donors (Lipinski definition) is 1. The predicted octanol–water partition coefficient (Wildman–Crippen LogP) is 4.82. The van der Waals surface area contributed by atoms with E-state index in [0.717, 1.165) is 10.8 Å². The monoisotopic (exact) mass is 559 g/mol. The Bertz CT molecular complexity index is 1140. The van der Waals surface area contributed by atoms with Crippen LogP contribution >= 0.6 is 8.53 Å². The Hall–Kier alpha value is -1.38. The Labute approximate surface area is 227 Å². The third-order valence-electron chi connectivity index (χ3n) is 6.76. The predicted molar refractivity (Wildman–Crippen MR) is 148 cm³/mol. The van der Waals surface area contributed by atoms with Gasteiger partial charge in [0, 0.05) is 34.4 Å². The molecular formula is C25H45N4O6PSi. The summed E-state index contributed by atoms with van der Waals surface area (Å²) in [7, 11) is -3.79. The number of aryl methyl sites for hydroxylation is 1. The van der Waals surface area contributed by atoms with Gasteiger partial charge in [0.2, 0.25) is 0 Å².